The summed E-state index contributed by atoms with van der Waals surface area (Å²) in [6.45, 7) is -0.211. The Morgan fingerprint density at radius 3 is 2.75 bits per heavy atom. The topological polar surface area (TPSA) is 97.0 Å². The van der Waals surface area contributed by atoms with Crippen molar-refractivity contribution in [3.8, 4) is 11.5 Å². The van der Waals surface area contributed by atoms with Gasteiger partial charge in [0.15, 0.2) is 0 Å². The highest BCUT2D eigenvalue weighted by atomic mass is 35.5. The Kier molecular flexibility index (Phi) is 4.14. The molecule has 0 atom stereocenters. The zero-order chi connectivity index (χ0) is 17.3. The van der Waals surface area contributed by atoms with Gasteiger partial charge >= 0.3 is 11.6 Å². The molecule has 0 aliphatic rings. The van der Waals surface area contributed by atoms with Gasteiger partial charge in [-0.2, -0.15) is 0 Å². The number of para-hydroxylation sites is 1. The number of hydrogen-bond donors (Lipinski definition) is 2. The smallest absolute Gasteiger partial charge is 0.342 e. The fourth-order valence-corrected chi connectivity index (χ4v) is 2.41. The molecule has 2 aromatic carbocycles. The maximum absolute atomic E-state index is 12.1. The average Bonchev–Trinajstić information content (AvgIpc) is 2.54. The van der Waals surface area contributed by atoms with E-state index in [2.05, 4.69) is 0 Å². The predicted molar refractivity (Wildman–Crippen MR) is 86.4 cm³/mol. The molecule has 122 valence electrons. The summed E-state index contributed by atoms with van der Waals surface area (Å²) in [6.07, 6.45) is 0. The number of hydrogen-bond acceptors (Lipinski definition) is 6. The van der Waals surface area contributed by atoms with Crippen LogP contribution in [0, 0.1) is 0 Å². The van der Waals surface area contributed by atoms with Gasteiger partial charge < -0.3 is 19.4 Å². The number of carbonyl (C=O) groups excluding carboxylic acids is 1. The van der Waals surface area contributed by atoms with Crippen LogP contribution in [0.25, 0.3) is 11.0 Å². The number of rotatable bonds is 3. The molecule has 0 spiro atoms. The van der Waals surface area contributed by atoms with Gasteiger partial charge in [0, 0.05) is 23.1 Å². The lowest BCUT2D eigenvalue weighted by Crippen LogP contribution is -2.08. The number of carbonyl (C=O) groups is 1. The Bertz CT molecular complexity index is 992. The van der Waals surface area contributed by atoms with E-state index in [1.165, 1.54) is 36.4 Å². The molecule has 0 radical (unpaired) electrons. The van der Waals surface area contributed by atoms with Crippen molar-refractivity contribution in [3.05, 3.63) is 69.0 Å². The minimum absolute atomic E-state index is 0.0331. The van der Waals surface area contributed by atoms with E-state index in [9.17, 15) is 19.8 Å². The van der Waals surface area contributed by atoms with Gasteiger partial charge in [-0.05, 0) is 24.3 Å². The van der Waals surface area contributed by atoms with Gasteiger partial charge in [-0.25, -0.2) is 9.59 Å². The molecule has 2 N–H and O–H groups in total. The third kappa shape index (κ3) is 3.04. The molecule has 0 bridgehead atoms. The van der Waals surface area contributed by atoms with Crippen molar-refractivity contribution >= 4 is 28.5 Å². The maximum atomic E-state index is 12.1. The first-order valence-electron chi connectivity index (χ1n) is 6.86. The lowest BCUT2D eigenvalue weighted by molar-refractivity contribution is 0.0470. The first-order valence-corrected chi connectivity index (χ1v) is 7.24. The number of benzene rings is 2. The number of aromatic hydroxyl groups is 2. The van der Waals surface area contributed by atoms with Crippen molar-refractivity contribution in [2.24, 2.45) is 0 Å². The molecule has 3 rings (SSSR count). The van der Waals surface area contributed by atoms with E-state index in [1.54, 1.807) is 6.07 Å². The maximum Gasteiger partial charge on any atom is 0.342 e. The van der Waals surface area contributed by atoms with E-state index < -0.39 is 11.6 Å². The highest BCUT2D eigenvalue weighted by Crippen LogP contribution is 2.28. The Hall–Kier alpha value is -2.99. The molecule has 0 unspecified atom stereocenters. The predicted octanol–water partition coefficient (Wildman–Crippen LogP) is 3.21. The lowest BCUT2D eigenvalue weighted by atomic mass is 10.1. The molecular weight excluding hydrogens is 336 g/mol. The zero-order valence-corrected chi connectivity index (χ0v) is 12.9. The van der Waals surface area contributed by atoms with Crippen molar-refractivity contribution < 1.29 is 24.2 Å². The van der Waals surface area contributed by atoms with Crippen LogP contribution in [0.15, 0.2) is 51.7 Å². The highest BCUT2D eigenvalue weighted by Gasteiger charge is 2.16. The molecule has 1 aromatic heterocycles. The van der Waals surface area contributed by atoms with Crippen LogP contribution in [0.4, 0.5) is 0 Å². The molecule has 0 amide bonds. The summed E-state index contributed by atoms with van der Waals surface area (Å²) in [5, 5.41) is 19.8. The molecule has 3 aromatic rings. The van der Waals surface area contributed by atoms with Gasteiger partial charge in [-0.1, -0.05) is 17.7 Å². The Morgan fingerprint density at radius 2 is 1.96 bits per heavy atom. The summed E-state index contributed by atoms with van der Waals surface area (Å²) < 4.78 is 10.1. The minimum atomic E-state index is -0.782. The number of phenolic OH excluding ortho intramolecular Hbond substituents is 2. The van der Waals surface area contributed by atoms with E-state index in [-0.39, 0.29) is 34.3 Å². The molecule has 6 nitrogen and oxygen atoms in total. The van der Waals surface area contributed by atoms with Gasteiger partial charge in [-0.15, -0.1) is 0 Å². The van der Waals surface area contributed by atoms with Crippen molar-refractivity contribution in [1.82, 2.24) is 0 Å². The van der Waals surface area contributed by atoms with Crippen LogP contribution in [0.2, 0.25) is 5.02 Å². The third-order valence-electron chi connectivity index (χ3n) is 3.38. The van der Waals surface area contributed by atoms with E-state index in [0.717, 1.165) is 0 Å². The van der Waals surface area contributed by atoms with Gasteiger partial charge in [0.1, 0.15) is 29.3 Å². The molecule has 0 aliphatic carbocycles. The number of fused-ring (bicyclic) bond motifs is 1. The van der Waals surface area contributed by atoms with Crippen LogP contribution in [0.1, 0.15) is 15.9 Å². The molecular formula is C17H11ClO6. The molecule has 0 saturated carbocycles. The van der Waals surface area contributed by atoms with E-state index >= 15 is 0 Å². The van der Waals surface area contributed by atoms with Crippen LogP contribution >= 0.6 is 11.6 Å². The van der Waals surface area contributed by atoms with Gasteiger partial charge in [0.05, 0.1) is 5.02 Å². The summed E-state index contributed by atoms with van der Waals surface area (Å²) >= 11 is 5.75. The second-order valence-electron chi connectivity index (χ2n) is 4.98. The van der Waals surface area contributed by atoms with Crippen molar-refractivity contribution in [1.29, 1.82) is 0 Å². The van der Waals surface area contributed by atoms with E-state index in [0.29, 0.717) is 10.9 Å². The fourth-order valence-electron chi connectivity index (χ4n) is 2.24. The SMILES string of the molecule is O=C(OCc1cc(=O)oc2cc(O)ccc12)c1cccc(Cl)c1O. The van der Waals surface area contributed by atoms with Crippen LogP contribution in [-0.2, 0) is 11.3 Å². The van der Waals surface area contributed by atoms with Gasteiger partial charge in [-0.3, -0.25) is 0 Å². The Labute approximate surface area is 140 Å². The van der Waals surface area contributed by atoms with Crippen molar-refractivity contribution in [2.75, 3.05) is 0 Å². The van der Waals surface area contributed by atoms with E-state index in [4.69, 9.17) is 20.8 Å². The largest absolute Gasteiger partial charge is 0.508 e. The summed E-state index contributed by atoms with van der Waals surface area (Å²) in [6, 6.07) is 9.79. The molecule has 24 heavy (non-hydrogen) atoms. The second kappa shape index (κ2) is 6.25. The average molecular weight is 347 g/mol. The number of esters is 1. The van der Waals surface area contributed by atoms with Crippen LogP contribution in [-0.4, -0.2) is 16.2 Å². The molecule has 7 heteroatoms. The summed E-state index contributed by atoms with van der Waals surface area (Å²) in [7, 11) is 0. The normalized spacial score (nSPS) is 10.7. The lowest BCUT2D eigenvalue weighted by Gasteiger charge is -2.09. The summed E-state index contributed by atoms with van der Waals surface area (Å²) in [5.74, 6) is -1.20. The van der Waals surface area contributed by atoms with Crippen LogP contribution in [0.5, 0.6) is 11.5 Å². The van der Waals surface area contributed by atoms with Crippen molar-refractivity contribution in [2.45, 2.75) is 6.61 Å². The monoisotopic (exact) mass is 346 g/mol. The van der Waals surface area contributed by atoms with Crippen molar-refractivity contribution in [3.63, 3.8) is 0 Å². The number of ether oxygens (including phenoxy) is 1. The Morgan fingerprint density at radius 1 is 1.17 bits per heavy atom. The van der Waals surface area contributed by atoms with Gasteiger partial charge in [0.2, 0.25) is 0 Å². The zero-order valence-electron chi connectivity index (χ0n) is 12.2. The number of phenols is 2. The first kappa shape index (κ1) is 15.9. The van der Waals surface area contributed by atoms with E-state index in [1.807, 2.05) is 0 Å². The van der Waals surface area contributed by atoms with Crippen LogP contribution < -0.4 is 5.63 Å². The molecule has 0 fully saturated rings. The highest BCUT2D eigenvalue weighted by molar-refractivity contribution is 6.32. The second-order valence-corrected chi connectivity index (χ2v) is 5.39. The molecule has 0 saturated heterocycles. The standard InChI is InChI=1S/C17H11ClO6/c18-13-3-1-2-12(16(13)21)17(22)23-8-9-6-15(20)24-14-7-10(19)4-5-11(9)14/h1-7,19,21H,8H2. The molecule has 0 aliphatic heterocycles. The first-order chi connectivity index (χ1) is 11.5. The fraction of sp³-hybridized carbons (Fsp3) is 0.0588. The third-order valence-corrected chi connectivity index (χ3v) is 3.68. The number of halogens is 1. The quantitative estimate of drug-likeness (QED) is 0.558. The Balaban J connectivity index is 1.89. The summed E-state index contributed by atoms with van der Waals surface area (Å²) in [5.41, 5.74) is -0.118. The minimum Gasteiger partial charge on any atom is -0.508 e. The molecule has 1 heterocycles. The van der Waals surface area contributed by atoms with Crippen LogP contribution in [0.3, 0.4) is 0 Å². The van der Waals surface area contributed by atoms with Gasteiger partial charge in [0.25, 0.3) is 0 Å². The summed E-state index contributed by atoms with van der Waals surface area (Å²) in [4.78, 5) is 23.7.